The Bertz CT molecular complexity index is 742. The molecule has 1 heterocycles. The number of nitrogens with zero attached hydrogens (tertiary/aromatic N) is 1. The van der Waals surface area contributed by atoms with Crippen LogP contribution in [-0.4, -0.2) is 48.8 Å². The third kappa shape index (κ3) is 4.36. The Morgan fingerprint density at radius 3 is 2.54 bits per heavy atom. The topological polar surface area (TPSA) is 61.8 Å². The number of carbonyl (C=O) groups is 1. The lowest BCUT2D eigenvalue weighted by atomic mass is 10.0. The van der Waals surface area contributed by atoms with E-state index in [-0.39, 0.29) is 0 Å². The van der Waals surface area contributed by atoms with Crippen molar-refractivity contribution in [3.8, 4) is 5.75 Å². The molecule has 1 atom stereocenters. The molecule has 5 nitrogen and oxygen atoms in total. The molecule has 2 N–H and O–H groups in total. The van der Waals surface area contributed by atoms with Crippen LogP contribution < -0.4 is 5.32 Å². The molecule has 3 rings (SSSR count). The second-order valence-corrected chi connectivity index (χ2v) is 6.13. The zero-order chi connectivity index (χ0) is 18.5. The fourth-order valence-corrected chi connectivity index (χ4v) is 2.98. The van der Waals surface area contributed by atoms with E-state index in [0.717, 1.165) is 24.7 Å². The lowest BCUT2D eigenvalue weighted by Gasteiger charge is -2.31. The summed E-state index contributed by atoms with van der Waals surface area (Å²) in [6.07, 6.45) is 0. The number of hydrogen-bond acceptors (Lipinski definition) is 4. The van der Waals surface area contributed by atoms with Crippen molar-refractivity contribution in [2.24, 2.45) is 0 Å². The van der Waals surface area contributed by atoms with Gasteiger partial charge in [0.05, 0.1) is 19.3 Å². The van der Waals surface area contributed by atoms with E-state index >= 15 is 0 Å². The summed E-state index contributed by atoms with van der Waals surface area (Å²) < 4.78 is 32.5. The molecule has 7 heteroatoms. The van der Waals surface area contributed by atoms with Crippen LogP contribution in [0.15, 0.2) is 42.5 Å². The summed E-state index contributed by atoms with van der Waals surface area (Å²) in [5.41, 5.74) is 0.295. The third-order valence-electron chi connectivity index (χ3n) is 4.31. The normalized spacial score (nSPS) is 16.2. The molecule has 0 bridgehead atoms. The number of morpholine rings is 1. The standard InChI is InChI=1S/C19H20F2N2O3/c20-14-10-15(21)18(17(24)11-14)19(25)22-16(13-4-2-1-3-5-13)12-23-6-8-26-9-7-23/h1-5,10-11,16,24H,6-9,12H2,(H,22,25)/t16-/m1/s1. The van der Waals surface area contributed by atoms with E-state index in [4.69, 9.17) is 4.74 Å². The Kier molecular flexibility index (Phi) is 5.80. The van der Waals surface area contributed by atoms with E-state index in [9.17, 15) is 18.7 Å². The minimum absolute atomic E-state index is 0.411. The van der Waals surface area contributed by atoms with Crippen LogP contribution in [0.5, 0.6) is 5.75 Å². The van der Waals surface area contributed by atoms with Gasteiger partial charge in [-0.2, -0.15) is 0 Å². The highest BCUT2D eigenvalue weighted by Gasteiger charge is 2.24. The van der Waals surface area contributed by atoms with Gasteiger partial charge in [0.15, 0.2) is 0 Å². The summed E-state index contributed by atoms with van der Waals surface area (Å²) in [6, 6.07) is 10.2. The third-order valence-corrected chi connectivity index (χ3v) is 4.31. The summed E-state index contributed by atoms with van der Waals surface area (Å²) >= 11 is 0. The van der Waals surface area contributed by atoms with Crippen LogP contribution >= 0.6 is 0 Å². The Labute approximate surface area is 150 Å². The summed E-state index contributed by atoms with van der Waals surface area (Å²) in [4.78, 5) is 14.7. The number of carbonyl (C=O) groups excluding carboxylic acids is 1. The Morgan fingerprint density at radius 2 is 1.88 bits per heavy atom. The van der Waals surface area contributed by atoms with Gasteiger partial charge in [-0.1, -0.05) is 30.3 Å². The van der Waals surface area contributed by atoms with Crippen molar-refractivity contribution in [1.29, 1.82) is 0 Å². The predicted octanol–water partition coefficient (Wildman–Crippen LogP) is 2.47. The van der Waals surface area contributed by atoms with Gasteiger partial charge in [0.1, 0.15) is 22.9 Å². The van der Waals surface area contributed by atoms with Crippen LogP contribution in [0.3, 0.4) is 0 Å². The molecular formula is C19H20F2N2O3. The first-order valence-corrected chi connectivity index (χ1v) is 8.38. The zero-order valence-corrected chi connectivity index (χ0v) is 14.1. The zero-order valence-electron chi connectivity index (χ0n) is 14.1. The minimum atomic E-state index is -1.10. The molecule has 1 fully saturated rings. The number of halogens is 2. The van der Waals surface area contributed by atoms with Crippen LogP contribution in [0.4, 0.5) is 8.78 Å². The second kappa shape index (κ2) is 8.25. The number of benzene rings is 2. The van der Waals surface area contributed by atoms with Gasteiger partial charge in [-0.15, -0.1) is 0 Å². The molecule has 2 aromatic rings. The van der Waals surface area contributed by atoms with E-state index in [2.05, 4.69) is 10.2 Å². The highest BCUT2D eigenvalue weighted by molar-refractivity contribution is 5.97. The molecule has 138 valence electrons. The van der Waals surface area contributed by atoms with Gasteiger partial charge in [-0.3, -0.25) is 9.69 Å². The quantitative estimate of drug-likeness (QED) is 0.858. The molecule has 1 aliphatic heterocycles. The Morgan fingerprint density at radius 1 is 1.19 bits per heavy atom. The average molecular weight is 362 g/mol. The van der Waals surface area contributed by atoms with Crippen LogP contribution in [0.1, 0.15) is 22.0 Å². The van der Waals surface area contributed by atoms with Crippen molar-refractivity contribution in [3.63, 3.8) is 0 Å². The van der Waals surface area contributed by atoms with E-state index < -0.39 is 34.9 Å². The molecule has 0 unspecified atom stereocenters. The van der Waals surface area contributed by atoms with Crippen molar-refractivity contribution in [2.75, 3.05) is 32.8 Å². The van der Waals surface area contributed by atoms with E-state index in [1.165, 1.54) is 0 Å². The lowest BCUT2D eigenvalue weighted by molar-refractivity contribution is 0.0332. The van der Waals surface area contributed by atoms with E-state index in [1.54, 1.807) is 0 Å². The first kappa shape index (κ1) is 18.3. The molecule has 0 radical (unpaired) electrons. The predicted molar refractivity (Wildman–Crippen MR) is 91.9 cm³/mol. The number of amides is 1. The van der Waals surface area contributed by atoms with Crippen LogP contribution in [0.2, 0.25) is 0 Å². The van der Waals surface area contributed by atoms with Gasteiger partial charge in [-0.25, -0.2) is 8.78 Å². The van der Waals surface area contributed by atoms with Crippen molar-refractivity contribution < 1.29 is 23.4 Å². The monoisotopic (exact) mass is 362 g/mol. The van der Waals surface area contributed by atoms with E-state index in [0.29, 0.717) is 25.8 Å². The van der Waals surface area contributed by atoms with Gasteiger partial charge in [-0.05, 0) is 5.56 Å². The van der Waals surface area contributed by atoms with Gasteiger partial charge in [0.2, 0.25) is 0 Å². The van der Waals surface area contributed by atoms with Crippen molar-refractivity contribution >= 4 is 5.91 Å². The number of phenolic OH excluding ortho intramolecular Hbond substituents is 1. The molecule has 0 aromatic heterocycles. The van der Waals surface area contributed by atoms with Gasteiger partial charge in [0, 0.05) is 31.8 Å². The summed E-state index contributed by atoms with van der Waals surface area (Å²) in [5.74, 6) is -3.55. The Hall–Kier alpha value is -2.51. The largest absolute Gasteiger partial charge is 0.507 e. The summed E-state index contributed by atoms with van der Waals surface area (Å²) in [5, 5.41) is 12.5. The van der Waals surface area contributed by atoms with Crippen LogP contribution in [0.25, 0.3) is 0 Å². The molecule has 0 aliphatic carbocycles. The molecule has 2 aromatic carbocycles. The SMILES string of the molecule is O=C(N[C@H](CN1CCOCC1)c1ccccc1)c1c(O)cc(F)cc1F. The van der Waals surface area contributed by atoms with Crippen molar-refractivity contribution in [3.05, 3.63) is 65.2 Å². The molecule has 1 amide bonds. The summed E-state index contributed by atoms with van der Waals surface area (Å²) in [6.45, 7) is 3.21. The fraction of sp³-hybridized carbons (Fsp3) is 0.316. The number of phenols is 1. The molecule has 0 saturated carbocycles. The van der Waals surface area contributed by atoms with Gasteiger partial charge in [0.25, 0.3) is 5.91 Å². The molecule has 0 spiro atoms. The average Bonchev–Trinajstić information content (AvgIpc) is 2.62. The maximum Gasteiger partial charge on any atom is 0.258 e. The fourth-order valence-electron chi connectivity index (χ4n) is 2.98. The second-order valence-electron chi connectivity index (χ2n) is 6.13. The Balaban J connectivity index is 1.82. The maximum absolute atomic E-state index is 14.0. The number of nitrogens with one attached hydrogen (secondary N) is 1. The number of aromatic hydroxyl groups is 1. The minimum Gasteiger partial charge on any atom is -0.507 e. The van der Waals surface area contributed by atoms with Crippen molar-refractivity contribution in [1.82, 2.24) is 10.2 Å². The first-order valence-electron chi connectivity index (χ1n) is 8.38. The summed E-state index contributed by atoms with van der Waals surface area (Å²) in [7, 11) is 0. The highest BCUT2D eigenvalue weighted by Crippen LogP contribution is 2.24. The molecule has 26 heavy (non-hydrogen) atoms. The first-order chi connectivity index (χ1) is 12.5. The lowest BCUT2D eigenvalue weighted by Crippen LogP contribution is -2.43. The highest BCUT2D eigenvalue weighted by atomic mass is 19.1. The molecular weight excluding hydrogens is 342 g/mol. The van der Waals surface area contributed by atoms with Gasteiger partial charge >= 0.3 is 0 Å². The maximum atomic E-state index is 14.0. The molecule has 1 saturated heterocycles. The van der Waals surface area contributed by atoms with Gasteiger partial charge < -0.3 is 15.2 Å². The number of hydrogen-bond donors (Lipinski definition) is 2. The number of rotatable bonds is 5. The molecule has 1 aliphatic rings. The van der Waals surface area contributed by atoms with Crippen LogP contribution in [-0.2, 0) is 4.74 Å². The van der Waals surface area contributed by atoms with Crippen molar-refractivity contribution in [2.45, 2.75) is 6.04 Å². The smallest absolute Gasteiger partial charge is 0.258 e. The van der Waals surface area contributed by atoms with E-state index in [1.807, 2.05) is 30.3 Å². The number of ether oxygens (including phenoxy) is 1. The van der Waals surface area contributed by atoms with Crippen LogP contribution in [0, 0.1) is 11.6 Å².